The Morgan fingerprint density at radius 2 is 2.04 bits per heavy atom. The maximum atomic E-state index is 12.6. The van der Waals surface area contributed by atoms with E-state index in [4.69, 9.17) is 0 Å². The first kappa shape index (κ1) is 19.0. The number of carbonyl (C=O) groups excluding carboxylic acids is 1. The summed E-state index contributed by atoms with van der Waals surface area (Å²) in [6, 6.07) is 6.81. The quantitative estimate of drug-likeness (QED) is 0.795. The number of nitrogens with zero attached hydrogens (tertiary/aromatic N) is 3. The number of rotatable bonds is 6. The van der Waals surface area contributed by atoms with Gasteiger partial charge in [0.05, 0.1) is 12.6 Å². The fraction of sp³-hybridized carbons (Fsp3) is 0.412. The van der Waals surface area contributed by atoms with Crippen molar-refractivity contribution in [2.24, 2.45) is 0 Å². The maximum Gasteiger partial charge on any atom is 0.244 e. The molecular weight excluding hydrogens is 372 g/mol. The molecule has 1 saturated heterocycles. The Balaban J connectivity index is 1.53. The van der Waals surface area contributed by atoms with Gasteiger partial charge in [-0.1, -0.05) is 6.07 Å². The lowest BCUT2D eigenvalue weighted by atomic mass is 10.2. The van der Waals surface area contributed by atoms with E-state index in [2.05, 4.69) is 10.3 Å². The van der Waals surface area contributed by atoms with Crippen molar-refractivity contribution in [3.05, 3.63) is 46.9 Å². The second kappa shape index (κ2) is 8.26. The van der Waals surface area contributed by atoms with Gasteiger partial charge in [-0.25, -0.2) is 8.42 Å². The van der Waals surface area contributed by atoms with Crippen molar-refractivity contribution in [1.29, 1.82) is 0 Å². The molecule has 2 aromatic heterocycles. The largest absolute Gasteiger partial charge is 0.350 e. The zero-order valence-corrected chi connectivity index (χ0v) is 16.2. The highest BCUT2D eigenvalue weighted by atomic mass is 32.2. The van der Waals surface area contributed by atoms with Gasteiger partial charge in [-0.3, -0.25) is 14.7 Å². The Labute approximate surface area is 157 Å². The van der Waals surface area contributed by atoms with Crippen LogP contribution in [-0.4, -0.2) is 60.7 Å². The Morgan fingerprint density at radius 3 is 2.65 bits per heavy atom. The highest BCUT2D eigenvalue weighted by Crippen LogP contribution is 2.17. The molecule has 0 radical (unpaired) electrons. The van der Waals surface area contributed by atoms with Crippen LogP contribution in [-0.2, 0) is 21.4 Å². The molecule has 0 saturated carbocycles. The van der Waals surface area contributed by atoms with E-state index in [9.17, 15) is 13.2 Å². The highest BCUT2D eigenvalue weighted by Gasteiger charge is 2.31. The topological polar surface area (TPSA) is 82.6 Å². The molecule has 3 heterocycles. The van der Waals surface area contributed by atoms with E-state index in [1.54, 1.807) is 29.7 Å². The molecule has 0 bridgehead atoms. The number of sulfonamides is 1. The Kier molecular flexibility index (Phi) is 6.02. The van der Waals surface area contributed by atoms with E-state index in [1.807, 2.05) is 29.3 Å². The van der Waals surface area contributed by atoms with E-state index >= 15 is 0 Å². The Hall–Kier alpha value is -1.81. The van der Waals surface area contributed by atoms with E-state index < -0.39 is 10.0 Å². The van der Waals surface area contributed by atoms with E-state index in [-0.39, 0.29) is 16.8 Å². The minimum atomic E-state index is -3.53. The standard InChI is InChI=1S/C17H22N4O3S2/c1-14(17(22)19-12-15-4-3-11-25-15)20-7-9-21(10-8-20)26(23,24)16-5-2-6-18-13-16/h2-6,11,13-14H,7-10,12H2,1H3,(H,19,22). The molecule has 0 aromatic carbocycles. The summed E-state index contributed by atoms with van der Waals surface area (Å²) in [7, 11) is -3.53. The number of pyridine rings is 1. The van der Waals surface area contributed by atoms with Gasteiger partial charge in [0, 0.05) is 43.4 Å². The average molecular weight is 395 g/mol. The van der Waals surface area contributed by atoms with Gasteiger partial charge in [-0.15, -0.1) is 11.3 Å². The SMILES string of the molecule is CC(C(=O)NCc1cccs1)N1CCN(S(=O)(=O)c2cccnc2)CC1. The molecule has 1 aliphatic rings. The molecular formula is C17H22N4O3S2. The predicted molar refractivity (Wildman–Crippen MR) is 100 cm³/mol. The van der Waals surface area contributed by atoms with Crippen molar-refractivity contribution in [2.45, 2.75) is 24.4 Å². The number of carbonyl (C=O) groups is 1. The number of aromatic nitrogens is 1. The van der Waals surface area contributed by atoms with Crippen molar-refractivity contribution in [1.82, 2.24) is 19.5 Å². The zero-order valence-electron chi connectivity index (χ0n) is 14.5. The van der Waals surface area contributed by atoms with Crippen LogP contribution in [0.2, 0.25) is 0 Å². The van der Waals surface area contributed by atoms with Crippen LogP contribution < -0.4 is 5.32 Å². The van der Waals surface area contributed by atoms with E-state index in [1.165, 1.54) is 10.5 Å². The number of piperazine rings is 1. The monoisotopic (exact) mass is 394 g/mol. The third-order valence-electron chi connectivity index (χ3n) is 4.49. The summed E-state index contributed by atoms with van der Waals surface area (Å²) in [6.07, 6.45) is 2.91. The molecule has 0 spiro atoms. The molecule has 3 rings (SSSR count). The lowest BCUT2D eigenvalue weighted by Crippen LogP contribution is -2.54. The Bertz CT molecular complexity index is 817. The first-order valence-corrected chi connectivity index (χ1v) is 10.7. The first-order valence-electron chi connectivity index (χ1n) is 8.43. The molecule has 1 fully saturated rings. The number of hydrogen-bond acceptors (Lipinski definition) is 6. The molecule has 9 heteroatoms. The molecule has 1 atom stereocenters. The number of nitrogens with one attached hydrogen (secondary N) is 1. The van der Waals surface area contributed by atoms with Gasteiger partial charge in [0.25, 0.3) is 0 Å². The van der Waals surface area contributed by atoms with Crippen LogP contribution in [0, 0.1) is 0 Å². The normalized spacial score (nSPS) is 17.7. The van der Waals surface area contributed by atoms with Crippen molar-refractivity contribution in [2.75, 3.05) is 26.2 Å². The molecule has 7 nitrogen and oxygen atoms in total. The van der Waals surface area contributed by atoms with Crippen LogP contribution in [0.4, 0.5) is 0 Å². The van der Waals surface area contributed by atoms with Gasteiger partial charge >= 0.3 is 0 Å². The molecule has 26 heavy (non-hydrogen) atoms. The van der Waals surface area contributed by atoms with Crippen LogP contribution in [0.5, 0.6) is 0 Å². The lowest BCUT2D eigenvalue weighted by molar-refractivity contribution is -0.126. The summed E-state index contributed by atoms with van der Waals surface area (Å²) in [5, 5.41) is 4.92. The average Bonchev–Trinajstić information content (AvgIpc) is 3.20. The smallest absolute Gasteiger partial charge is 0.244 e. The van der Waals surface area contributed by atoms with Crippen molar-refractivity contribution < 1.29 is 13.2 Å². The van der Waals surface area contributed by atoms with Gasteiger partial charge in [0.1, 0.15) is 4.90 Å². The summed E-state index contributed by atoms with van der Waals surface area (Å²) in [6.45, 7) is 4.14. The molecule has 1 unspecified atom stereocenters. The summed E-state index contributed by atoms with van der Waals surface area (Å²) < 4.78 is 26.7. The minimum Gasteiger partial charge on any atom is -0.350 e. The summed E-state index contributed by atoms with van der Waals surface area (Å²) in [4.78, 5) is 19.6. The van der Waals surface area contributed by atoms with Crippen molar-refractivity contribution in [3.63, 3.8) is 0 Å². The molecule has 0 aliphatic carbocycles. The first-order chi connectivity index (χ1) is 12.5. The summed E-state index contributed by atoms with van der Waals surface area (Å²) in [5.74, 6) is -0.0398. The third kappa shape index (κ3) is 4.29. The van der Waals surface area contributed by atoms with Gasteiger partial charge in [-0.2, -0.15) is 4.31 Å². The van der Waals surface area contributed by atoms with E-state index in [0.717, 1.165) is 4.88 Å². The van der Waals surface area contributed by atoms with Crippen molar-refractivity contribution in [3.8, 4) is 0 Å². The zero-order chi connectivity index (χ0) is 18.6. The molecule has 1 aliphatic heterocycles. The molecule has 1 amide bonds. The van der Waals surface area contributed by atoms with Gasteiger partial charge in [0.2, 0.25) is 15.9 Å². The van der Waals surface area contributed by atoms with Crippen molar-refractivity contribution >= 4 is 27.3 Å². The number of amides is 1. The molecule has 2 aromatic rings. The third-order valence-corrected chi connectivity index (χ3v) is 7.25. The molecule has 1 N–H and O–H groups in total. The van der Waals surface area contributed by atoms with Gasteiger partial charge in [0.15, 0.2) is 0 Å². The second-order valence-electron chi connectivity index (χ2n) is 6.10. The lowest BCUT2D eigenvalue weighted by Gasteiger charge is -2.36. The van der Waals surface area contributed by atoms with Gasteiger partial charge < -0.3 is 5.32 Å². The summed E-state index contributed by atoms with van der Waals surface area (Å²) >= 11 is 1.61. The van der Waals surface area contributed by atoms with Crippen LogP contribution in [0.1, 0.15) is 11.8 Å². The van der Waals surface area contributed by atoms with Crippen LogP contribution >= 0.6 is 11.3 Å². The maximum absolute atomic E-state index is 12.6. The van der Waals surface area contributed by atoms with Gasteiger partial charge in [-0.05, 0) is 30.5 Å². The number of hydrogen-bond donors (Lipinski definition) is 1. The Morgan fingerprint density at radius 1 is 1.27 bits per heavy atom. The van der Waals surface area contributed by atoms with Crippen LogP contribution in [0.25, 0.3) is 0 Å². The summed E-state index contributed by atoms with van der Waals surface area (Å²) in [5.41, 5.74) is 0. The second-order valence-corrected chi connectivity index (χ2v) is 9.07. The van der Waals surface area contributed by atoms with Crippen LogP contribution in [0.3, 0.4) is 0 Å². The number of thiophene rings is 1. The van der Waals surface area contributed by atoms with E-state index in [0.29, 0.717) is 32.7 Å². The predicted octanol–water partition coefficient (Wildman–Crippen LogP) is 1.15. The minimum absolute atomic E-state index is 0.0398. The van der Waals surface area contributed by atoms with Crippen LogP contribution in [0.15, 0.2) is 46.9 Å². The fourth-order valence-electron chi connectivity index (χ4n) is 2.88. The fourth-order valence-corrected chi connectivity index (χ4v) is 4.91. The highest BCUT2D eigenvalue weighted by molar-refractivity contribution is 7.89. The molecule has 140 valence electrons.